The average Bonchev–Trinajstić information content (AvgIpc) is 3.38. The Morgan fingerprint density at radius 3 is 2.51 bits per heavy atom. The number of aryl methyl sites for hydroxylation is 1. The van der Waals surface area contributed by atoms with E-state index in [0.29, 0.717) is 47.0 Å². The minimum atomic E-state index is -0.487. The summed E-state index contributed by atoms with van der Waals surface area (Å²) >= 11 is 1.60. The van der Waals surface area contributed by atoms with Crippen LogP contribution in [-0.2, 0) is 11.4 Å². The van der Waals surface area contributed by atoms with Gasteiger partial charge in [-0.3, -0.25) is 4.79 Å². The topological polar surface area (TPSA) is 90.3 Å². The summed E-state index contributed by atoms with van der Waals surface area (Å²) in [6.07, 6.45) is 1.01. The highest BCUT2D eigenvalue weighted by atomic mass is 32.2. The van der Waals surface area contributed by atoms with Crippen molar-refractivity contribution in [2.24, 2.45) is 0 Å². The molecule has 0 spiro atoms. The third-order valence-electron chi connectivity index (χ3n) is 6.80. The van der Waals surface area contributed by atoms with E-state index in [2.05, 4.69) is 36.6 Å². The molecule has 1 aliphatic rings. The SMILES string of the molecule is CCCSc1nc2n(n1)C(c1ccc(OCc3ccccc3C)cc1)C(C(=O)Nc1ccccc1OCC)=C(C)N2. The molecule has 9 heteroatoms. The minimum absolute atomic E-state index is 0.240. The molecule has 0 bridgehead atoms. The second kappa shape index (κ2) is 13.0. The number of benzene rings is 3. The number of anilines is 2. The maximum atomic E-state index is 13.9. The van der Waals surface area contributed by atoms with E-state index in [9.17, 15) is 4.79 Å². The fourth-order valence-corrected chi connectivity index (χ4v) is 5.39. The van der Waals surface area contributed by atoms with Crippen molar-refractivity contribution in [3.63, 3.8) is 0 Å². The number of nitrogens with one attached hydrogen (secondary N) is 2. The van der Waals surface area contributed by atoms with Crippen LogP contribution in [0.25, 0.3) is 0 Å². The molecule has 4 aromatic rings. The van der Waals surface area contributed by atoms with Gasteiger partial charge in [0, 0.05) is 11.4 Å². The summed E-state index contributed by atoms with van der Waals surface area (Å²) < 4.78 is 13.6. The normalized spacial score (nSPS) is 14.3. The number of aromatic nitrogens is 3. The molecule has 1 amide bonds. The van der Waals surface area contributed by atoms with E-state index in [1.54, 1.807) is 16.4 Å². The van der Waals surface area contributed by atoms with Gasteiger partial charge in [-0.05, 0) is 68.1 Å². The van der Waals surface area contributed by atoms with Crippen LogP contribution in [0.3, 0.4) is 0 Å². The zero-order chi connectivity index (χ0) is 28.8. The molecule has 1 unspecified atom stereocenters. The molecule has 212 valence electrons. The van der Waals surface area contributed by atoms with E-state index in [1.165, 1.54) is 5.56 Å². The Balaban J connectivity index is 1.46. The first-order chi connectivity index (χ1) is 20.0. The number of amides is 1. The third kappa shape index (κ3) is 6.41. The number of rotatable bonds is 11. The number of hydrogen-bond donors (Lipinski definition) is 2. The molecule has 0 saturated carbocycles. The molecular weight excluding hydrogens is 534 g/mol. The Kier molecular flexibility index (Phi) is 8.94. The maximum absolute atomic E-state index is 13.9. The fourth-order valence-electron chi connectivity index (χ4n) is 4.71. The Labute approximate surface area is 245 Å². The van der Waals surface area contributed by atoms with Crippen LogP contribution >= 0.6 is 11.8 Å². The molecule has 0 radical (unpaired) electrons. The molecule has 0 fully saturated rings. The number of para-hydroxylation sites is 2. The van der Waals surface area contributed by atoms with Crippen molar-refractivity contribution in [1.82, 2.24) is 14.8 Å². The van der Waals surface area contributed by atoms with Crippen LogP contribution in [0, 0.1) is 6.92 Å². The van der Waals surface area contributed by atoms with Gasteiger partial charge in [0.1, 0.15) is 24.1 Å². The Bertz CT molecular complexity index is 1550. The van der Waals surface area contributed by atoms with Crippen LogP contribution in [-0.4, -0.2) is 33.0 Å². The summed E-state index contributed by atoms with van der Waals surface area (Å²) in [5.41, 5.74) is 5.11. The molecule has 1 aliphatic heterocycles. The number of fused-ring (bicyclic) bond motifs is 1. The van der Waals surface area contributed by atoms with E-state index in [4.69, 9.17) is 19.6 Å². The van der Waals surface area contributed by atoms with Crippen molar-refractivity contribution in [3.05, 3.63) is 101 Å². The molecule has 1 aromatic heterocycles. The number of allylic oxidation sites excluding steroid dienone is 1. The molecule has 41 heavy (non-hydrogen) atoms. The van der Waals surface area contributed by atoms with Crippen LogP contribution < -0.4 is 20.1 Å². The van der Waals surface area contributed by atoms with Crippen molar-refractivity contribution in [3.8, 4) is 11.5 Å². The lowest BCUT2D eigenvalue weighted by Crippen LogP contribution is -2.31. The Morgan fingerprint density at radius 1 is 1.00 bits per heavy atom. The van der Waals surface area contributed by atoms with Gasteiger partial charge in [0.2, 0.25) is 11.1 Å². The van der Waals surface area contributed by atoms with Gasteiger partial charge in [-0.1, -0.05) is 67.2 Å². The van der Waals surface area contributed by atoms with Gasteiger partial charge in [0.15, 0.2) is 0 Å². The summed E-state index contributed by atoms with van der Waals surface area (Å²) in [7, 11) is 0. The second-order valence-corrected chi connectivity index (χ2v) is 10.8. The lowest BCUT2D eigenvalue weighted by Gasteiger charge is -2.29. The third-order valence-corrected chi connectivity index (χ3v) is 7.84. The lowest BCUT2D eigenvalue weighted by molar-refractivity contribution is -0.113. The number of ether oxygens (including phenoxy) is 2. The fraction of sp³-hybridized carbons (Fsp3) is 0.281. The standard InChI is InChI=1S/C32H35N5O3S/c1-5-19-41-32-35-31-33-22(4)28(30(38)34-26-13-9-10-14-27(26)39-6-2)29(37(31)36-32)23-15-17-25(18-16-23)40-20-24-12-8-7-11-21(24)3/h7-18,29H,5-6,19-20H2,1-4H3,(H,34,38)(H,33,35,36). The number of nitrogens with zero attached hydrogens (tertiary/aromatic N) is 3. The summed E-state index contributed by atoms with van der Waals surface area (Å²) in [5.74, 6) is 2.65. The first kappa shape index (κ1) is 28.3. The van der Waals surface area contributed by atoms with E-state index >= 15 is 0 Å². The van der Waals surface area contributed by atoms with Gasteiger partial charge >= 0.3 is 0 Å². The highest BCUT2D eigenvalue weighted by Crippen LogP contribution is 2.38. The van der Waals surface area contributed by atoms with Crippen molar-refractivity contribution in [2.45, 2.75) is 51.9 Å². The van der Waals surface area contributed by atoms with E-state index < -0.39 is 6.04 Å². The first-order valence-electron chi connectivity index (χ1n) is 13.9. The van der Waals surface area contributed by atoms with E-state index in [0.717, 1.165) is 29.1 Å². The molecule has 0 aliphatic carbocycles. The van der Waals surface area contributed by atoms with Crippen LogP contribution in [0.15, 0.2) is 89.2 Å². The molecular formula is C32H35N5O3S. The van der Waals surface area contributed by atoms with Crippen molar-refractivity contribution < 1.29 is 14.3 Å². The minimum Gasteiger partial charge on any atom is -0.492 e. The molecule has 3 aromatic carbocycles. The van der Waals surface area contributed by atoms with Crippen LogP contribution in [0.5, 0.6) is 11.5 Å². The molecule has 5 rings (SSSR count). The second-order valence-electron chi connectivity index (χ2n) is 9.74. The van der Waals surface area contributed by atoms with E-state index in [-0.39, 0.29) is 5.91 Å². The quantitative estimate of drug-likeness (QED) is 0.188. The summed E-state index contributed by atoms with van der Waals surface area (Å²) in [6, 6.07) is 23.0. The maximum Gasteiger partial charge on any atom is 0.255 e. The largest absolute Gasteiger partial charge is 0.492 e. The van der Waals surface area contributed by atoms with Gasteiger partial charge in [0.25, 0.3) is 5.91 Å². The van der Waals surface area contributed by atoms with Crippen LogP contribution in [0.2, 0.25) is 0 Å². The molecule has 1 atom stereocenters. The van der Waals surface area contributed by atoms with Gasteiger partial charge < -0.3 is 20.1 Å². The average molecular weight is 570 g/mol. The summed E-state index contributed by atoms with van der Waals surface area (Å²) in [5, 5.41) is 11.9. The van der Waals surface area contributed by atoms with Crippen molar-refractivity contribution in [1.29, 1.82) is 0 Å². The lowest BCUT2D eigenvalue weighted by atomic mass is 9.95. The summed E-state index contributed by atoms with van der Waals surface area (Å²) in [4.78, 5) is 18.6. The smallest absolute Gasteiger partial charge is 0.255 e. The highest BCUT2D eigenvalue weighted by Gasteiger charge is 2.34. The molecule has 2 N–H and O–H groups in total. The van der Waals surface area contributed by atoms with Gasteiger partial charge in [0.05, 0.1) is 17.9 Å². The zero-order valence-electron chi connectivity index (χ0n) is 23.8. The Hall–Kier alpha value is -4.24. The van der Waals surface area contributed by atoms with Gasteiger partial charge in [-0.25, -0.2) is 4.68 Å². The van der Waals surface area contributed by atoms with Crippen LogP contribution in [0.4, 0.5) is 11.6 Å². The summed E-state index contributed by atoms with van der Waals surface area (Å²) in [6.45, 7) is 9.00. The number of carbonyl (C=O) groups is 1. The number of carbonyl (C=O) groups excluding carboxylic acids is 1. The molecule has 2 heterocycles. The molecule has 0 saturated heterocycles. The van der Waals surface area contributed by atoms with Crippen molar-refractivity contribution >= 4 is 29.3 Å². The Morgan fingerprint density at radius 2 is 1.76 bits per heavy atom. The predicted molar refractivity (Wildman–Crippen MR) is 164 cm³/mol. The van der Waals surface area contributed by atoms with Gasteiger partial charge in [-0.2, -0.15) is 4.98 Å². The highest BCUT2D eigenvalue weighted by molar-refractivity contribution is 7.99. The van der Waals surface area contributed by atoms with Gasteiger partial charge in [-0.15, -0.1) is 5.10 Å². The number of hydrogen-bond acceptors (Lipinski definition) is 7. The van der Waals surface area contributed by atoms with E-state index in [1.807, 2.05) is 74.5 Å². The first-order valence-corrected chi connectivity index (χ1v) is 14.8. The van der Waals surface area contributed by atoms with Crippen LogP contribution in [0.1, 0.15) is 49.9 Å². The predicted octanol–water partition coefficient (Wildman–Crippen LogP) is 6.99. The molecule has 8 nitrogen and oxygen atoms in total. The monoisotopic (exact) mass is 569 g/mol. The van der Waals surface area contributed by atoms with Crippen molar-refractivity contribution in [2.75, 3.05) is 23.0 Å². The number of thioether (sulfide) groups is 1. The zero-order valence-corrected chi connectivity index (χ0v) is 24.6.